The molecule has 4 aromatic carbocycles. The van der Waals surface area contributed by atoms with E-state index in [2.05, 4.69) is 90.8 Å². The monoisotopic (exact) mass is 1760 g/mol. The summed E-state index contributed by atoms with van der Waals surface area (Å²) in [6, 6.07) is 19.9. The van der Waals surface area contributed by atoms with Gasteiger partial charge in [-0.25, -0.2) is 58.0 Å². The van der Waals surface area contributed by atoms with Crippen LogP contribution in [0.1, 0.15) is 248 Å². The second-order valence-corrected chi connectivity index (χ2v) is 16.1. The van der Waals surface area contributed by atoms with Crippen LogP contribution in [0.3, 0.4) is 0 Å². The van der Waals surface area contributed by atoms with Crippen molar-refractivity contribution in [1.82, 2.24) is 19.9 Å². The summed E-state index contributed by atoms with van der Waals surface area (Å²) in [5, 5.41) is 27.0. The third-order valence-electron chi connectivity index (χ3n) is 10.7. The van der Waals surface area contributed by atoms with Crippen molar-refractivity contribution in [1.29, 1.82) is 0 Å². The number of aromatic nitrogens is 4. The molecule has 4 N–H and O–H groups in total. The van der Waals surface area contributed by atoms with Crippen molar-refractivity contribution in [3.8, 4) is 0 Å². The predicted octanol–water partition coefficient (Wildman–Crippen LogP) is 20.8. The Morgan fingerprint density at radius 1 is 0.369 bits per heavy atom. The summed E-state index contributed by atoms with van der Waals surface area (Å²) in [6.07, 6.45) is 12.0. The van der Waals surface area contributed by atoms with Crippen LogP contribution in [0, 0.1) is 56.7 Å². The standard InChI is InChI=1S/3C14H14NO4.C13H12NO4.4CH3O.16CH4.4Y/c2*1-18-14(17)10-6-7-12-11(9-10)15-13(19-12)5-3-2-4-8-16;1-2-18-14(17)5-3-4-13-15-11-8-10(9-16)6-7-12(11)19-13;1-17-13(16)4-2-3-12-14-10-7-9(8-15)5-6-11(10)18-12;4*1-2;;;;;;;;;;;;;;;;;;;;/h3*6-9H,1-5H2;5-8H,1-4H2;4*2H,1H2;16*1H4;;;;/q8*-1;;;;;;;;;;;;;;;;;;;;. The Labute approximate surface area is 722 Å². The maximum Gasteiger partial charge on any atom is 0.306 e. The van der Waals surface area contributed by atoms with Gasteiger partial charge in [-0.2, -0.15) is 21.3 Å². The first-order valence-electron chi connectivity index (χ1n) is 24.9. The van der Waals surface area contributed by atoms with Crippen molar-refractivity contribution >= 4 is 93.4 Å². The summed E-state index contributed by atoms with van der Waals surface area (Å²) in [4.78, 5) is 103. The van der Waals surface area contributed by atoms with Gasteiger partial charge >= 0.3 is 17.9 Å². The van der Waals surface area contributed by atoms with E-state index in [4.69, 9.17) is 42.8 Å². The number of aldehydes is 4. The Morgan fingerprint density at radius 3 is 0.883 bits per heavy atom. The average molecular weight is 1760 g/mol. The van der Waals surface area contributed by atoms with Gasteiger partial charge in [-0.05, 0) is 118 Å². The van der Waals surface area contributed by atoms with Crippen LogP contribution in [-0.2, 0) is 195 Å². The molecular formula is C75H130N4O20Y4-8. The summed E-state index contributed by atoms with van der Waals surface area (Å²) in [7, 11) is 18.2. The number of unbranched alkanes of at least 4 members (excludes halogenated alkanes) is 4. The van der Waals surface area contributed by atoms with Gasteiger partial charge in [0.2, 0.25) is 0 Å². The first-order valence-corrected chi connectivity index (χ1v) is 24.9. The SMILES string of the molecule is C.C.C.C.C.C.C.C.C.C.C.C.C.C.C.C.[CH2-]COC(=O)CCCc1nc2cc(C=O)ccc2o1.[CH2-]O.[CH2-]O.[CH2-]O.[CH2-]O.[CH2-]OC(=O)CCCc1nc2cc(C=O)ccc2o1.[CH2-]OC(=O)c1ccc2oc(CCCCC=O)nc2c1.[CH2-]OC(=O)c1ccc2oc(CCCCC=O)nc2c1.[Y].[Y].[Y].[Y]. The zero-order valence-electron chi connectivity index (χ0n) is 47.9. The number of aliphatic hydroxyl groups excluding tert-OH is 4. The van der Waals surface area contributed by atoms with Crippen LogP contribution in [0.25, 0.3) is 44.4 Å². The Balaban J connectivity index is -0.0000000451. The maximum atomic E-state index is 11.3. The van der Waals surface area contributed by atoms with Crippen molar-refractivity contribution < 1.29 is 226 Å². The van der Waals surface area contributed by atoms with Crippen LogP contribution in [-0.4, -0.2) is 96.0 Å². The molecule has 4 heterocycles. The zero-order chi connectivity index (χ0) is 62.0. The normalized spacial score (nSPS) is 7.92. The van der Waals surface area contributed by atoms with Gasteiger partial charge in [0.15, 0.2) is 45.9 Å². The van der Waals surface area contributed by atoms with Crippen molar-refractivity contribution in [2.75, 3.05) is 6.61 Å². The van der Waals surface area contributed by atoms with Gasteiger partial charge in [-0.1, -0.05) is 119 Å². The summed E-state index contributed by atoms with van der Waals surface area (Å²) < 4.78 is 39.9. The zero-order valence-corrected chi connectivity index (χ0v) is 59.3. The molecule has 590 valence electrons. The van der Waals surface area contributed by atoms with Crippen LogP contribution in [0.15, 0.2) is 90.5 Å². The molecule has 0 aliphatic heterocycles. The molecule has 0 amide bonds. The number of rotatable bonds is 23. The van der Waals surface area contributed by atoms with Gasteiger partial charge in [-0.3, -0.25) is 19.2 Å². The van der Waals surface area contributed by atoms with E-state index in [0.717, 1.165) is 50.8 Å². The number of nitrogens with zero attached hydrogens (tertiary/aromatic N) is 4. The molecule has 28 heteroatoms. The Bertz CT molecular complexity index is 3120. The van der Waals surface area contributed by atoms with Crippen LogP contribution in [0.5, 0.6) is 0 Å². The van der Waals surface area contributed by atoms with E-state index < -0.39 is 11.9 Å². The number of ether oxygens (including phenoxy) is 4. The van der Waals surface area contributed by atoms with E-state index in [0.29, 0.717) is 148 Å². The minimum atomic E-state index is -0.502. The quantitative estimate of drug-likeness (QED) is 0.0152. The van der Waals surface area contributed by atoms with E-state index in [1.807, 2.05) is 0 Å². The fourth-order valence-corrected chi connectivity index (χ4v) is 6.96. The Morgan fingerprint density at radius 2 is 0.631 bits per heavy atom. The molecule has 4 radical (unpaired) electrons. The molecule has 0 saturated heterocycles. The fourth-order valence-electron chi connectivity index (χ4n) is 6.96. The number of hydrogen-bond acceptors (Lipinski definition) is 24. The Hall–Kier alpha value is -4.42. The molecule has 24 nitrogen and oxygen atoms in total. The smallest absolute Gasteiger partial charge is 0.306 e. The maximum absolute atomic E-state index is 11.3. The van der Waals surface area contributed by atoms with E-state index in [-0.39, 0.29) is 275 Å². The summed E-state index contributed by atoms with van der Waals surface area (Å²) >= 11 is 0. The topological polar surface area (TPSA) is 359 Å². The number of esters is 4. The van der Waals surface area contributed by atoms with Crippen LogP contribution >= 0.6 is 0 Å². The minimum Gasteiger partial charge on any atom is -0.640 e. The number of hydrogen-bond donors (Lipinski definition) is 4. The van der Waals surface area contributed by atoms with Gasteiger partial charge in [-0.15, -0.1) is 0 Å². The van der Waals surface area contributed by atoms with Gasteiger partial charge in [0.1, 0.15) is 47.2 Å². The van der Waals surface area contributed by atoms with E-state index >= 15 is 0 Å². The number of aliphatic hydroxyl groups is 4. The molecule has 0 aliphatic carbocycles. The van der Waals surface area contributed by atoms with Crippen molar-refractivity contribution in [2.45, 2.75) is 209 Å². The van der Waals surface area contributed by atoms with E-state index in [1.165, 1.54) is 0 Å². The second kappa shape index (κ2) is 93.7. The van der Waals surface area contributed by atoms with Crippen molar-refractivity contribution in [2.24, 2.45) is 0 Å². The molecule has 0 bridgehead atoms. The van der Waals surface area contributed by atoms with Crippen LogP contribution in [0.2, 0.25) is 0 Å². The third kappa shape index (κ3) is 57.4. The molecule has 103 heavy (non-hydrogen) atoms. The molecule has 0 aliphatic rings. The molecule has 0 spiro atoms. The number of carbonyl (C=O) groups excluding carboxylic acids is 8. The molecule has 0 unspecified atom stereocenters. The summed E-state index contributed by atoms with van der Waals surface area (Å²) in [6.45, 7) is 3.58. The number of oxazole rings is 4. The first kappa shape index (κ1) is 152. The van der Waals surface area contributed by atoms with Crippen molar-refractivity contribution in [3.05, 3.63) is 175 Å². The average Bonchev–Trinajstić information content (AvgIpc) is 1.73. The van der Waals surface area contributed by atoms with E-state index in [9.17, 15) is 38.4 Å². The molecule has 0 saturated carbocycles. The second-order valence-electron chi connectivity index (χ2n) is 16.1. The van der Waals surface area contributed by atoms with Crippen LogP contribution < -0.4 is 0 Å². The number of fused-ring (bicyclic) bond motifs is 4. The number of aryl methyl sites for hydroxylation is 4. The molecule has 8 aromatic rings. The molecule has 4 aromatic heterocycles. The van der Waals surface area contributed by atoms with Gasteiger partial charge < -0.3 is 73.6 Å². The van der Waals surface area contributed by atoms with Gasteiger partial charge in [0.05, 0.1) is 11.1 Å². The minimum absolute atomic E-state index is 0. The number of carbonyl (C=O) groups is 8. The Kier molecular flexibility index (Phi) is 138. The molecule has 0 fully saturated rings. The summed E-state index contributed by atoms with van der Waals surface area (Å²) in [5.74, 6) is 0.700. The molecule has 0 atom stereocenters. The first-order chi connectivity index (χ1) is 40.4. The van der Waals surface area contributed by atoms with Crippen LogP contribution in [0.4, 0.5) is 0 Å². The van der Waals surface area contributed by atoms with E-state index in [1.54, 1.807) is 72.8 Å². The third-order valence-corrected chi connectivity index (χ3v) is 10.7. The summed E-state index contributed by atoms with van der Waals surface area (Å²) in [5.41, 5.74) is 6.98. The molecular weight excluding hydrogens is 1630 g/mol. The number of benzene rings is 4. The fraction of sp³-hybridized carbons (Fsp3) is 0.413. The van der Waals surface area contributed by atoms with Gasteiger partial charge in [0.25, 0.3) is 5.97 Å². The predicted molar refractivity (Wildman–Crippen MR) is 406 cm³/mol. The largest absolute Gasteiger partial charge is 0.640 e. The van der Waals surface area contributed by atoms with Gasteiger partial charge in [0, 0.05) is 193 Å². The van der Waals surface area contributed by atoms with Crippen molar-refractivity contribution in [3.63, 3.8) is 0 Å². The molecule has 8 rings (SSSR count).